The van der Waals surface area contributed by atoms with Gasteiger partial charge in [0.15, 0.2) is 0 Å². The van der Waals surface area contributed by atoms with Gasteiger partial charge >= 0.3 is 0 Å². The molecule has 2 fully saturated rings. The predicted molar refractivity (Wildman–Crippen MR) is 144 cm³/mol. The summed E-state index contributed by atoms with van der Waals surface area (Å²) in [5, 5.41) is 9.89. The number of ether oxygens (including phenoxy) is 1. The van der Waals surface area contributed by atoms with Gasteiger partial charge in [-0.25, -0.2) is 0 Å². The van der Waals surface area contributed by atoms with Gasteiger partial charge in [-0.15, -0.1) is 0 Å². The Labute approximate surface area is 224 Å². The number of carbonyl (C=O) groups excluding carboxylic acids is 3. The largest absolute Gasteiger partial charge is 0.395 e. The maximum absolute atomic E-state index is 14.4. The molecule has 0 bridgehead atoms. The van der Waals surface area contributed by atoms with Crippen molar-refractivity contribution in [3.63, 3.8) is 0 Å². The summed E-state index contributed by atoms with van der Waals surface area (Å²) in [6, 6.07) is 8.44. The molecule has 0 aromatic heterocycles. The van der Waals surface area contributed by atoms with Gasteiger partial charge in [-0.2, -0.15) is 0 Å². The molecule has 1 aromatic carbocycles. The molecule has 8 nitrogen and oxygen atoms in total. The molecule has 2 saturated heterocycles. The summed E-state index contributed by atoms with van der Waals surface area (Å²) in [4.78, 5) is 47.5. The minimum Gasteiger partial charge on any atom is -0.395 e. The molecule has 3 amide bonds. The number of aliphatic hydroxyl groups excluding tert-OH is 1. The van der Waals surface area contributed by atoms with E-state index in [1.807, 2.05) is 59.5 Å². The number of anilines is 1. The van der Waals surface area contributed by atoms with E-state index in [-0.39, 0.29) is 36.3 Å². The number of benzene rings is 1. The lowest BCUT2D eigenvalue weighted by atomic mass is 9.77. The third-order valence-corrected chi connectivity index (χ3v) is 8.26. The molecular formula is C30H39N3O5. The SMILES string of the molecule is CC(C)(C)CC(C)(C)N1CC=C[C@]23O[C@@H]4C=CCN(c5ccccc5)C(=O)[C@@H]4[C@H]2C(=O)N(CCO)C3C1=O. The smallest absolute Gasteiger partial charge is 0.249 e. The van der Waals surface area contributed by atoms with E-state index in [0.29, 0.717) is 13.1 Å². The van der Waals surface area contributed by atoms with Gasteiger partial charge < -0.3 is 24.5 Å². The number of hydrogen-bond donors (Lipinski definition) is 1. The zero-order valence-corrected chi connectivity index (χ0v) is 23.0. The van der Waals surface area contributed by atoms with E-state index in [1.165, 1.54) is 4.90 Å². The van der Waals surface area contributed by atoms with Gasteiger partial charge in [0.05, 0.1) is 24.5 Å². The molecule has 1 unspecified atom stereocenters. The highest BCUT2D eigenvalue weighted by Gasteiger charge is 2.72. The lowest BCUT2D eigenvalue weighted by molar-refractivity contribution is -0.152. The molecule has 5 atom stereocenters. The van der Waals surface area contributed by atoms with Crippen molar-refractivity contribution in [2.75, 3.05) is 31.1 Å². The van der Waals surface area contributed by atoms with Crippen LogP contribution in [-0.2, 0) is 19.1 Å². The summed E-state index contributed by atoms with van der Waals surface area (Å²) < 4.78 is 6.66. The second-order valence-corrected chi connectivity index (χ2v) is 12.7. The molecule has 1 aromatic rings. The Morgan fingerprint density at radius 2 is 1.68 bits per heavy atom. The average molecular weight is 522 g/mol. The molecule has 1 N–H and O–H groups in total. The number of carbonyl (C=O) groups is 3. The second kappa shape index (κ2) is 9.35. The van der Waals surface area contributed by atoms with Gasteiger partial charge in [0.2, 0.25) is 17.7 Å². The first-order valence-corrected chi connectivity index (χ1v) is 13.5. The Bertz CT molecular complexity index is 1170. The van der Waals surface area contributed by atoms with Crippen LogP contribution >= 0.6 is 0 Å². The van der Waals surface area contributed by atoms with E-state index < -0.39 is 35.1 Å². The van der Waals surface area contributed by atoms with E-state index in [0.717, 1.165) is 12.1 Å². The normalized spacial score (nSPS) is 31.3. The van der Waals surface area contributed by atoms with Crippen molar-refractivity contribution >= 4 is 23.4 Å². The third-order valence-electron chi connectivity index (χ3n) is 8.26. The summed E-state index contributed by atoms with van der Waals surface area (Å²) in [7, 11) is 0. The molecule has 4 heterocycles. The topological polar surface area (TPSA) is 90.4 Å². The van der Waals surface area contributed by atoms with Crippen molar-refractivity contribution in [3.8, 4) is 0 Å². The molecule has 38 heavy (non-hydrogen) atoms. The van der Waals surface area contributed by atoms with Gasteiger partial charge in [-0.05, 0) is 37.8 Å². The zero-order valence-electron chi connectivity index (χ0n) is 23.0. The lowest BCUT2D eigenvalue weighted by Crippen LogP contribution is -2.60. The fourth-order valence-corrected chi connectivity index (χ4v) is 7.26. The predicted octanol–water partition coefficient (Wildman–Crippen LogP) is 2.78. The van der Waals surface area contributed by atoms with Crippen LogP contribution in [0.15, 0.2) is 54.6 Å². The number of hydrogen-bond acceptors (Lipinski definition) is 5. The first-order valence-electron chi connectivity index (χ1n) is 13.5. The third kappa shape index (κ3) is 4.18. The highest BCUT2D eigenvalue weighted by molar-refractivity contribution is 6.03. The van der Waals surface area contributed by atoms with Crippen LogP contribution in [-0.4, -0.2) is 82.2 Å². The van der Waals surface area contributed by atoms with Crippen LogP contribution in [0, 0.1) is 17.3 Å². The van der Waals surface area contributed by atoms with E-state index in [1.54, 1.807) is 4.90 Å². The van der Waals surface area contributed by atoms with Crippen molar-refractivity contribution < 1.29 is 24.2 Å². The number of rotatable bonds is 5. The van der Waals surface area contributed by atoms with Crippen LogP contribution in [0.25, 0.3) is 0 Å². The van der Waals surface area contributed by atoms with Crippen LogP contribution in [0.2, 0.25) is 0 Å². The summed E-state index contributed by atoms with van der Waals surface area (Å²) in [5.41, 5.74) is -1.04. The van der Waals surface area contributed by atoms with Crippen molar-refractivity contribution in [1.29, 1.82) is 0 Å². The standard InChI is InChI=1S/C30H39N3O5/c1-28(2,3)19-29(4,5)33-16-10-14-30-23(26(36)32(17-18-34)24(30)27(33)37)22-21(38-30)13-9-15-31(25(22)35)20-11-7-6-8-12-20/h6-14,21-24,34H,15-19H2,1-5H3/t21-,22+,23+,24?,30+/m1/s1. The van der Waals surface area contributed by atoms with Crippen LogP contribution < -0.4 is 4.90 Å². The van der Waals surface area contributed by atoms with Crippen LogP contribution in [0.3, 0.4) is 0 Å². The first kappa shape index (κ1) is 26.6. The first-order chi connectivity index (χ1) is 17.9. The van der Waals surface area contributed by atoms with Crippen molar-refractivity contribution in [1.82, 2.24) is 9.80 Å². The van der Waals surface area contributed by atoms with Gasteiger partial charge in [0.1, 0.15) is 11.6 Å². The quantitative estimate of drug-likeness (QED) is 0.602. The number of para-hydroxylation sites is 1. The minimum absolute atomic E-state index is 0.00203. The number of amides is 3. The minimum atomic E-state index is -1.29. The molecule has 0 aliphatic carbocycles. The molecular weight excluding hydrogens is 482 g/mol. The summed E-state index contributed by atoms with van der Waals surface area (Å²) in [6.07, 6.45) is 7.67. The lowest BCUT2D eigenvalue weighted by Gasteiger charge is -2.44. The highest BCUT2D eigenvalue weighted by Crippen LogP contribution is 2.54. The Morgan fingerprint density at radius 1 is 0.974 bits per heavy atom. The Kier molecular flexibility index (Phi) is 6.55. The highest BCUT2D eigenvalue weighted by atomic mass is 16.5. The van der Waals surface area contributed by atoms with E-state index in [4.69, 9.17) is 4.74 Å². The molecule has 0 saturated carbocycles. The zero-order chi connectivity index (χ0) is 27.5. The molecule has 4 aliphatic rings. The molecule has 0 radical (unpaired) electrons. The molecule has 204 valence electrons. The van der Waals surface area contributed by atoms with Gasteiger partial charge in [-0.1, -0.05) is 63.3 Å². The Balaban J connectivity index is 1.57. The van der Waals surface area contributed by atoms with Crippen LogP contribution in [0.4, 0.5) is 5.69 Å². The van der Waals surface area contributed by atoms with E-state index in [2.05, 4.69) is 34.6 Å². The van der Waals surface area contributed by atoms with E-state index >= 15 is 0 Å². The Hall–Kier alpha value is -2.97. The summed E-state index contributed by atoms with van der Waals surface area (Å²) >= 11 is 0. The maximum atomic E-state index is 14.4. The molecule has 4 aliphatic heterocycles. The van der Waals surface area contributed by atoms with Gasteiger partial charge in [0, 0.05) is 30.9 Å². The Morgan fingerprint density at radius 3 is 2.34 bits per heavy atom. The van der Waals surface area contributed by atoms with Crippen molar-refractivity contribution in [2.45, 2.75) is 64.3 Å². The van der Waals surface area contributed by atoms with Crippen LogP contribution in [0.1, 0.15) is 41.0 Å². The number of fused-ring (bicyclic) bond motifs is 2. The average Bonchev–Trinajstić information content (AvgIpc) is 3.13. The van der Waals surface area contributed by atoms with Crippen molar-refractivity contribution in [2.24, 2.45) is 17.3 Å². The summed E-state index contributed by atoms with van der Waals surface area (Å²) in [6.45, 7) is 11.0. The number of β-amino-alcohol motifs (C(OH)–C–C–N with tert-alkyl or cyclic N) is 1. The van der Waals surface area contributed by atoms with E-state index in [9.17, 15) is 19.5 Å². The number of aliphatic hydroxyl groups is 1. The van der Waals surface area contributed by atoms with Gasteiger partial charge in [0.25, 0.3) is 0 Å². The number of likely N-dealkylation sites (tertiary alicyclic amines) is 1. The maximum Gasteiger partial charge on any atom is 0.249 e. The van der Waals surface area contributed by atoms with Crippen molar-refractivity contribution in [3.05, 3.63) is 54.6 Å². The number of nitrogens with zero attached hydrogens (tertiary/aromatic N) is 3. The molecule has 8 heteroatoms. The molecule has 1 spiro atoms. The fraction of sp³-hybridized carbons (Fsp3) is 0.567. The molecule has 5 rings (SSSR count). The van der Waals surface area contributed by atoms with Gasteiger partial charge in [-0.3, -0.25) is 14.4 Å². The monoisotopic (exact) mass is 521 g/mol. The summed E-state index contributed by atoms with van der Waals surface area (Å²) in [5.74, 6) is -2.36. The van der Waals surface area contributed by atoms with Crippen LogP contribution in [0.5, 0.6) is 0 Å². The fourth-order valence-electron chi connectivity index (χ4n) is 7.26. The second-order valence-electron chi connectivity index (χ2n) is 12.7.